The smallest absolute Gasteiger partial charge is 0.0583 e. The molecule has 0 aromatic heterocycles. The Morgan fingerprint density at radius 1 is 1.07 bits per heavy atom. The first-order valence-electron chi connectivity index (χ1n) is 12.2. The molecule has 0 aromatic rings. The van der Waals surface area contributed by atoms with Crippen molar-refractivity contribution in [1.82, 2.24) is 0 Å². The monoisotopic (exact) mass is 396 g/mol. The molecule has 0 radical (unpaired) electrons. The first-order chi connectivity index (χ1) is 13.7. The lowest BCUT2D eigenvalue weighted by Gasteiger charge is -2.42. The van der Waals surface area contributed by atoms with Crippen molar-refractivity contribution in [3.05, 3.63) is 47.1 Å². The lowest BCUT2D eigenvalue weighted by atomic mass is 9.62. The van der Waals surface area contributed by atoms with Gasteiger partial charge in [-0.2, -0.15) is 0 Å². The van der Waals surface area contributed by atoms with E-state index in [1.54, 1.807) is 5.57 Å². The summed E-state index contributed by atoms with van der Waals surface area (Å²) in [5, 5.41) is 10.1. The maximum atomic E-state index is 10.1. The quantitative estimate of drug-likeness (QED) is 0.457. The van der Waals surface area contributed by atoms with Crippen LogP contribution >= 0.6 is 0 Å². The molecule has 1 nitrogen and oxygen atoms in total. The van der Waals surface area contributed by atoms with Gasteiger partial charge < -0.3 is 5.11 Å². The second kappa shape index (κ2) is 9.38. The molecule has 29 heavy (non-hydrogen) atoms. The topological polar surface area (TPSA) is 20.2 Å². The van der Waals surface area contributed by atoms with Crippen LogP contribution in [0.1, 0.15) is 86.5 Å². The SMILES string of the molecule is CC1=C(C=CC2=CCC[C@]3(C)[C@@H]([C@H](C)/C=C/[C@H](C)C(C)C)CC[C@@H]23)C[C@H](O)CC1. The first kappa shape index (κ1) is 22.6. The van der Waals surface area contributed by atoms with E-state index in [0.29, 0.717) is 23.2 Å². The molecule has 0 aromatic carbocycles. The van der Waals surface area contributed by atoms with Gasteiger partial charge in [-0.05, 0) is 98.0 Å². The number of fused-ring (bicyclic) bond motifs is 1. The number of rotatable bonds is 6. The maximum absolute atomic E-state index is 10.1. The van der Waals surface area contributed by atoms with Gasteiger partial charge in [0, 0.05) is 0 Å². The maximum Gasteiger partial charge on any atom is 0.0583 e. The van der Waals surface area contributed by atoms with Gasteiger partial charge >= 0.3 is 0 Å². The first-order valence-corrected chi connectivity index (χ1v) is 12.2. The van der Waals surface area contributed by atoms with Crippen molar-refractivity contribution in [3.63, 3.8) is 0 Å². The van der Waals surface area contributed by atoms with Gasteiger partial charge in [0.1, 0.15) is 0 Å². The molecule has 3 aliphatic carbocycles. The Morgan fingerprint density at radius 2 is 1.83 bits per heavy atom. The van der Waals surface area contributed by atoms with Crippen LogP contribution in [0, 0.1) is 35.0 Å². The number of allylic oxidation sites excluding steroid dienone is 7. The van der Waals surface area contributed by atoms with E-state index in [0.717, 1.165) is 31.1 Å². The summed E-state index contributed by atoms with van der Waals surface area (Å²) in [6.45, 7) is 14.2. The van der Waals surface area contributed by atoms with Gasteiger partial charge in [-0.25, -0.2) is 0 Å². The van der Waals surface area contributed by atoms with Gasteiger partial charge in [-0.3, -0.25) is 0 Å². The normalized spacial score (nSPS) is 35.4. The highest BCUT2D eigenvalue weighted by Gasteiger charge is 2.49. The second-order valence-electron chi connectivity index (χ2n) is 10.9. The molecule has 0 spiro atoms. The minimum atomic E-state index is -0.152. The molecule has 1 N–H and O–H groups in total. The van der Waals surface area contributed by atoms with Crippen LogP contribution in [0.3, 0.4) is 0 Å². The van der Waals surface area contributed by atoms with Crippen LogP contribution in [-0.4, -0.2) is 11.2 Å². The standard InChI is InChI=1S/C28H44O/c1-19(2)20(3)9-10-22(5)26-15-16-27-23(8-7-17-28(26,27)6)12-13-24-18-25(29)14-11-21(24)4/h8-10,12-13,19-20,22,25-27,29H,7,11,14-18H2,1-6H3/b10-9+,13-12?/t20-,22+,25+,26+,27-,28+/m0/s1. The average molecular weight is 397 g/mol. The average Bonchev–Trinajstić information content (AvgIpc) is 3.04. The molecule has 1 fully saturated rings. The van der Waals surface area contributed by atoms with Crippen molar-refractivity contribution in [2.75, 3.05) is 0 Å². The van der Waals surface area contributed by atoms with Crippen LogP contribution in [0.4, 0.5) is 0 Å². The molecule has 0 heterocycles. The third-order valence-corrected chi connectivity index (χ3v) is 8.61. The molecule has 6 atom stereocenters. The Morgan fingerprint density at radius 3 is 2.55 bits per heavy atom. The lowest BCUT2D eigenvalue weighted by Crippen LogP contribution is -2.34. The van der Waals surface area contributed by atoms with E-state index in [4.69, 9.17) is 0 Å². The van der Waals surface area contributed by atoms with Crippen LogP contribution in [-0.2, 0) is 0 Å². The zero-order chi connectivity index (χ0) is 21.2. The lowest BCUT2D eigenvalue weighted by molar-refractivity contribution is 0.129. The number of hydrogen-bond donors (Lipinski definition) is 1. The summed E-state index contributed by atoms with van der Waals surface area (Å²) in [4.78, 5) is 0. The second-order valence-corrected chi connectivity index (χ2v) is 10.9. The summed E-state index contributed by atoms with van der Waals surface area (Å²) in [6.07, 6.45) is 20.1. The van der Waals surface area contributed by atoms with E-state index in [2.05, 4.69) is 71.9 Å². The molecule has 3 rings (SSSR count). The number of hydrogen-bond acceptors (Lipinski definition) is 1. The van der Waals surface area contributed by atoms with Gasteiger partial charge in [0.05, 0.1) is 6.10 Å². The minimum Gasteiger partial charge on any atom is -0.393 e. The summed E-state index contributed by atoms with van der Waals surface area (Å²) in [5.74, 6) is 3.53. The fraction of sp³-hybridized carbons (Fsp3) is 0.714. The van der Waals surface area contributed by atoms with Crippen LogP contribution in [0.5, 0.6) is 0 Å². The number of aliphatic hydroxyl groups is 1. The van der Waals surface area contributed by atoms with Crippen molar-refractivity contribution in [3.8, 4) is 0 Å². The van der Waals surface area contributed by atoms with E-state index in [1.807, 2.05) is 0 Å². The van der Waals surface area contributed by atoms with Gasteiger partial charge in [-0.1, -0.05) is 70.6 Å². The minimum absolute atomic E-state index is 0.152. The third kappa shape index (κ3) is 4.98. The fourth-order valence-electron chi connectivity index (χ4n) is 6.10. The molecular weight excluding hydrogens is 352 g/mol. The van der Waals surface area contributed by atoms with E-state index in [9.17, 15) is 5.11 Å². The van der Waals surface area contributed by atoms with Crippen molar-refractivity contribution in [2.24, 2.45) is 35.0 Å². The highest BCUT2D eigenvalue weighted by molar-refractivity contribution is 5.36. The zero-order valence-electron chi connectivity index (χ0n) is 19.7. The summed E-state index contributed by atoms with van der Waals surface area (Å²) in [6, 6.07) is 0. The highest BCUT2D eigenvalue weighted by atomic mass is 16.3. The van der Waals surface area contributed by atoms with Crippen LogP contribution in [0.2, 0.25) is 0 Å². The molecular formula is C28H44O. The van der Waals surface area contributed by atoms with Gasteiger partial charge in [-0.15, -0.1) is 0 Å². The predicted molar refractivity (Wildman–Crippen MR) is 126 cm³/mol. The van der Waals surface area contributed by atoms with Crippen molar-refractivity contribution >= 4 is 0 Å². The highest BCUT2D eigenvalue weighted by Crippen LogP contribution is 2.58. The van der Waals surface area contributed by atoms with Crippen molar-refractivity contribution in [2.45, 2.75) is 92.6 Å². The molecule has 1 heteroatoms. The van der Waals surface area contributed by atoms with Crippen molar-refractivity contribution in [1.29, 1.82) is 0 Å². The molecule has 0 saturated heterocycles. The predicted octanol–water partition coefficient (Wildman–Crippen LogP) is 7.64. The van der Waals surface area contributed by atoms with Gasteiger partial charge in [0.15, 0.2) is 0 Å². The Hall–Kier alpha value is -1.08. The van der Waals surface area contributed by atoms with Gasteiger partial charge in [0.25, 0.3) is 0 Å². The van der Waals surface area contributed by atoms with Crippen LogP contribution in [0.15, 0.2) is 47.1 Å². The Kier molecular flexibility index (Phi) is 7.31. The molecule has 0 unspecified atom stereocenters. The summed E-state index contributed by atoms with van der Waals surface area (Å²) in [5.41, 5.74) is 4.82. The van der Waals surface area contributed by atoms with Crippen LogP contribution in [0.25, 0.3) is 0 Å². The van der Waals surface area contributed by atoms with E-state index >= 15 is 0 Å². The molecule has 0 bridgehead atoms. The zero-order valence-corrected chi connectivity index (χ0v) is 19.7. The summed E-state index contributed by atoms with van der Waals surface area (Å²) < 4.78 is 0. The summed E-state index contributed by atoms with van der Waals surface area (Å²) in [7, 11) is 0. The Bertz CT molecular complexity index is 691. The Balaban J connectivity index is 1.73. The summed E-state index contributed by atoms with van der Waals surface area (Å²) >= 11 is 0. The largest absolute Gasteiger partial charge is 0.393 e. The molecule has 162 valence electrons. The van der Waals surface area contributed by atoms with Crippen LogP contribution < -0.4 is 0 Å². The Labute approximate surface area is 180 Å². The molecule has 1 saturated carbocycles. The molecule has 3 aliphatic rings. The van der Waals surface area contributed by atoms with Gasteiger partial charge in [0.2, 0.25) is 0 Å². The fourth-order valence-corrected chi connectivity index (χ4v) is 6.10. The number of aliphatic hydroxyl groups excluding tert-OH is 1. The molecule has 0 amide bonds. The van der Waals surface area contributed by atoms with E-state index in [-0.39, 0.29) is 6.10 Å². The van der Waals surface area contributed by atoms with Crippen molar-refractivity contribution < 1.29 is 5.11 Å². The van der Waals surface area contributed by atoms with E-state index in [1.165, 1.54) is 36.8 Å². The third-order valence-electron chi connectivity index (χ3n) is 8.61. The molecule has 0 aliphatic heterocycles. The van der Waals surface area contributed by atoms with E-state index < -0.39 is 0 Å².